The first-order valence-corrected chi connectivity index (χ1v) is 16.6. The average molecular weight is 677 g/mol. The highest BCUT2D eigenvalue weighted by atomic mass is 16.5. The van der Waals surface area contributed by atoms with E-state index in [-0.39, 0.29) is 54.3 Å². The first kappa shape index (κ1) is 33.1. The molecule has 3 atom stereocenters. The minimum atomic E-state index is -2.13. The molecule has 2 N–H and O–H groups in total. The molecular weight excluding hydrogens is 644 g/mol. The van der Waals surface area contributed by atoms with E-state index in [0.717, 1.165) is 5.56 Å². The normalized spacial score (nSPS) is 20.6. The van der Waals surface area contributed by atoms with Crippen molar-refractivity contribution in [3.63, 3.8) is 0 Å². The fourth-order valence-corrected chi connectivity index (χ4v) is 8.44. The zero-order valence-electron chi connectivity index (χ0n) is 28.7. The highest BCUT2D eigenvalue weighted by molar-refractivity contribution is 6.13. The van der Waals surface area contributed by atoms with Crippen LogP contribution in [0.2, 0.25) is 0 Å². The highest BCUT2D eigenvalue weighted by Gasteiger charge is 2.63. The van der Waals surface area contributed by atoms with Gasteiger partial charge in [0.1, 0.15) is 0 Å². The van der Waals surface area contributed by atoms with Crippen LogP contribution in [0.15, 0.2) is 24.3 Å². The largest absolute Gasteiger partial charge is 0.469 e. The van der Waals surface area contributed by atoms with Crippen LogP contribution in [0.1, 0.15) is 111 Å². The highest BCUT2D eigenvalue weighted by Crippen LogP contribution is 2.60. The van der Waals surface area contributed by atoms with Crippen LogP contribution in [0.3, 0.4) is 0 Å². The number of nitrogens with one attached hydrogen (secondary N) is 2. The third-order valence-electron chi connectivity index (χ3n) is 11.2. The van der Waals surface area contributed by atoms with Crippen molar-refractivity contribution in [1.29, 1.82) is 21.0 Å². The van der Waals surface area contributed by atoms with Gasteiger partial charge in [-0.3, -0.25) is 24.4 Å². The fourth-order valence-electron chi connectivity index (χ4n) is 8.44. The van der Waals surface area contributed by atoms with Gasteiger partial charge in [-0.2, -0.15) is 21.0 Å². The molecule has 2 aliphatic carbocycles. The molecule has 0 fully saturated rings. The number of carbonyl (C=O) groups is 3. The molecule has 0 amide bonds. The molecule has 7 rings (SSSR count). The molecule has 3 aromatic rings. The summed E-state index contributed by atoms with van der Waals surface area (Å²) in [5.41, 5.74) is 3.64. The summed E-state index contributed by atoms with van der Waals surface area (Å²) in [7, 11) is 1.35. The molecule has 8 bridgehead atoms. The molecule has 0 radical (unpaired) electrons. The second-order valence-electron chi connectivity index (χ2n) is 13.7. The van der Waals surface area contributed by atoms with E-state index in [1.165, 1.54) is 14.0 Å². The molecule has 0 saturated heterocycles. The minimum absolute atomic E-state index is 0.0746. The quantitative estimate of drug-likeness (QED) is 0.231. The molecule has 252 valence electrons. The molecule has 12 nitrogen and oxygen atoms in total. The predicted molar refractivity (Wildman–Crippen MR) is 184 cm³/mol. The maximum absolute atomic E-state index is 13.7. The Hall–Kier alpha value is -6.37. The van der Waals surface area contributed by atoms with Crippen LogP contribution in [-0.2, 0) is 16.0 Å². The monoisotopic (exact) mass is 676 g/mol. The van der Waals surface area contributed by atoms with Crippen LogP contribution in [0.25, 0.3) is 27.6 Å². The van der Waals surface area contributed by atoms with Crippen LogP contribution in [-0.4, -0.2) is 44.6 Å². The lowest BCUT2D eigenvalue weighted by Gasteiger charge is -2.39. The van der Waals surface area contributed by atoms with E-state index in [0.29, 0.717) is 73.4 Å². The minimum Gasteiger partial charge on any atom is -0.469 e. The van der Waals surface area contributed by atoms with Gasteiger partial charge in [-0.1, -0.05) is 13.0 Å². The third kappa shape index (κ3) is 4.50. The van der Waals surface area contributed by atoms with Crippen molar-refractivity contribution in [2.24, 2.45) is 10.8 Å². The molecule has 3 aromatic heterocycles. The van der Waals surface area contributed by atoms with Crippen molar-refractivity contribution in [2.45, 2.75) is 71.1 Å². The number of aromatic nitrogens is 4. The van der Waals surface area contributed by atoms with Crippen LogP contribution >= 0.6 is 0 Å². The Labute approximate surface area is 293 Å². The summed E-state index contributed by atoms with van der Waals surface area (Å²) >= 11 is 0. The Morgan fingerprint density at radius 3 is 2.29 bits per heavy atom. The van der Waals surface area contributed by atoms with Crippen molar-refractivity contribution in [1.82, 2.24) is 19.9 Å². The number of rotatable bonds is 4. The number of esters is 1. The maximum Gasteiger partial charge on any atom is 0.305 e. The number of Topliss-reactive ketones (excluding diaryl/α,β-unsaturated/α-hetero) is 2. The molecular formula is C39H32N8O4. The molecule has 51 heavy (non-hydrogen) atoms. The number of fused-ring (bicyclic) bond motifs is 11. The first-order chi connectivity index (χ1) is 24.4. The summed E-state index contributed by atoms with van der Waals surface area (Å²) in [5, 5.41) is 41.8. The molecule has 0 saturated carbocycles. The van der Waals surface area contributed by atoms with E-state index in [1.54, 1.807) is 18.2 Å². The number of allylic oxidation sites excluding steroid dienone is 2. The van der Waals surface area contributed by atoms with Gasteiger partial charge in [-0.15, -0.1) is 0 Å². The number of hydrogen-bond donors (Lipinski definition) is 2. The Morgan fingerprint density at radius 2 is 1.65 bits per heavy atom. The van der Waals surface area contributed by atoms with Gasteiger partial charge in [0.05, 0.1) is 65.4 Å². The van der Waals surface area contributed by atoms with Gasteiger partial charge >= 0.3 is 5.97 Å². The third-order valence-corrected chi connectivity index (χ3v) is 11.2. The van der Waals surface area contributed by atoms with Gasteiger partial charge in [0.2, 0.25) is 0 Å². The number of ether oxygens (including phenoxy) is 1. The van der Waals surface area contributed by atoms with E-state index in [4.69, 9.17) is 14.7 Å². The van der Waals surface area contributed by atoms with Gasteiger partial charge < -0.3 is 14.7 Å². The number of hydrogen-bond acceptors (Lipinski definition) is 10. The van der Waals surface area contributed by atoms with Crippen LogP contribution < -0.4 is 0 Å². The Balaban J connectivity index is 1.64. The van der Waals surface area contributed by atoms with Gasteiger partial charge in [-0.25, -0.2) is 0 Å². The number of aryl methyl sites for hydroxylation is 2. The van der Waals surface area contributed by atoms with Gasteiger partial charge in [0.25, 0.3) is 0 Å². The molecule has 0 aromatic carbocycles. The molecule has 12 heteroatoms. The van der Waals surface area contributed by atoms with E-state index in [2.05, 4.69) is 22.1 Å². The summed E-state index contributed by atoms with van der Waals surface area (Å²) in [5.74, 6) is -2.10. The lowest BCUT2D eigenvalue weighted by Crippen LogP contribution is -2.44. The first-order valence-electron chi connectivity index (χ1n) is 16.6. The van der Waals surface area contributed by atoms with Gasteiger partial charge in [-0.05, 0) is 62.1 Å². The Bertz CT molecular complexity index is 2480. The fraction of sp³-hybridized carbons (Fsp3) is 0.359. The van der Waals surface area contributed by atoms with Crippen molar-refractivity contribution < 1.29 is 19.1 Å². The average Bonchev–Trinajstić information content (AvgIpc) is 3.89. The van der Waals surface area contributed by atoms with Crippen LogP contribution in [0.5, 0.6) is 0 Å². The number of nitriles is 4. The van der Waals surface area contributed by atoms with Crippen LogP contribution in [0, 0.1) is 70.0 Å². The zero-order valence-corrected chi connectivity index (χ0v) is 28.7. The number of methoxy groups -OCH3 is 1. The number of ketones is 2. The van der Waals surface area contributed by atoms with Crippen molar-refractivity contribution in [3.8, 4) is 24.3 Å². The molecule has 2 aliphatic heterocycles. The van der Waals surface area contributed by atoms with Crippen LogP contribution in [0.4, 0.5) is 0 Å². The van der Waals surface area contributed by atoms with Crippen molar-refractivity contribution >= 4 is 45.2 Å². The number of H-pyrrole nitrogens is 2. The summed E-state index contributed by atoms with van der Waals surface area (Å²) in [6, 6.07) is 13.3. The van der Waals surface area contributed by atoms with Crippen molar-refractivity contribution in [2.75, 3.05) is 7.11 Å². The second-order valence-corrected chi connectivity index (χ2v) is 13.7. The van der Waals surface area contributed by atoms with Gasteiger partial charge in [0, 0.05) is 64.5 Å². The number of nitrogens with zero attached hydrogens (tertiary/aromatic N) is 6. The lowest BCUT2D eigenvalue weighted by molar-refractivity contribution is -0.140. The van der Waals surface area contributed by atoms with E-state index in [1.807, 2.05) is 39.0 Å². The maximum atomic E-state index is 13.7. The van der Waals surface area contributed by atoms with E-state index in [9.17, 15) is 35.4 Å². The lowest BCUT2D eigenvalue weighted by atomic mass is 9.53. The Kier molecular flexibility index (Phi) is 7.55. The standard InChI is InChI=1S/C39H32N8O4/c1-18-22(6-7-32(50)51-5)36-24-10-31(49)34-20(3)27(47-37(24)34)12-28-23-8-9-38(14-40,15-41)39(16-42,17-43)35(23)30(45-28)13-29-33(21(4)48)19(2)26(44-29)11-25(18)46-36/h8,11-13,18,22,35,44,47H,6-7,9-10H2,1-5H3/t18-,22-,35?/m0/s1. The van der Waals surface area contributed by atoms with E-state index >= 15 is 0 Å². The number of aromatic amines is 2. The smallest absolute Gasteiger partial charge is 0.305 e. The molecule has 1 unspecified atom stereocenters. The topological polar surface area (TPSA) is 213 Å². The zero-order chi connectivity index (χ0) is 36.6. The predicted octanol–water partition coefficient (Wildman–Crippen LogP) is 6.35. The van der Waals surface area contributed by atoms with Crippen molar-refractivity contribution in [3.05, 3.63) is 74.9 Å². The molecule has 0 spiro atoms. The van der Waals surface area contributed by atoms with E-state index < -0.39 is 16.7 Å². The summed E-state index contributed by atoms with van der Waals surface area (Å²) in [6.45, 7) is 7.11. The number of carbonyl (C=O) groups excluding carboxylic acids is 3. The molecule has 5 heterocycles. The summed E-state index contributed by atoms with van der Waals surface area (Å²) < 4.78 is 4.94. The van der Waals surface area contributed by atoms with Gasteiger partial charge in [0.15, 0.2) is 22.4 Å². The second kappa shape index (κ2) is 11.6. The summed E-state index contributed by atoms with van der Waals surface area (Å²) in [4.78, 5) is 56.0. The SMILES string of the molecule is COC(=O)CC[C@@H]1c2nc(cc3[nH]c(cc4nc(cc5[nH]c6c2CC(=O)c6c5C)C2=CCC(C#N)(C#N)C(C#N)(C#N)C24)c(C(C)=O)c3C)[C@H]1C. The summed E-state index contributed by atoms with van der Waals surface area (Å²) in [6.07, 6.45) is 2.27. The molecule has 4 aliphatic rings. The Morgan fingerprint density at radius 1 is 0.961 bits per heavy atom.